The minimum Gasteiger partial charge on any atom is -1.00 e. The van der Waals surface area contributed by atoms with Gasteiger partial charge < -0.3 is 29.1 Å². The van der Waals surface area contributed by atoms with Crippen LogP contribution in [0.3, 0.4) is 0 Å². The van der Waals surface area contributed by atoms with Gasteiger partial charge in [-0.1, -0.05) is 44.9 Å². The monoisotopic (exact) mass is 422 g/mol. The van der Waals surface area contributed by atoms with Crippen LogP contribution < -0.4 is 24.0 Å². The third-order valence-corrected chi connectivity index (χ3v) is 6.42. The third-order valence-electron chi connectivity index (χ3n) is 3.79. The molecule has 0 aliphatic heterocycles. The molecule has 1 unspecified atom stereocenters. The zero-order chi connectivity index (χ0) is 15.0. The quantitative estimate of drug-likeness (QED) is 0.371. The van der Waals surface area contributed by atoms with E-state index in [9.17, 15) is 4.79 Å². The van der Waals surface area contributed by atoms with Gasteiger partial charge in [0.2, 0.25) is 0 Å². The summed E-state index contributed by atoms with van der Waals surface area (Å²) in [4.78, 5) is 12.4. The average Bonchev–Trinajstić information content (AvgIpc) is 2.43. The Balaban J connectivity index is 0.00000400. The number of halogens is 1. The third kappa shape index (κ3) is 7.54. The molecule has 0 radical (unpaired) electrons. The molecule has 0 aliphatic carbocycles. The van der Waals surface area contributed by atoms with E-state index in [1.54, 1.807) is 0 Å². The molecule has 1 rings (SSSR count). The van der Waals surface area contributed by atoms with Crippen LogP contribution in [0.5, 0.6) is 0 Å². The molecular formula is C17H27IO2S. The molecule has 0 heterocycles. The number of hydrogen-bond acceptors (Lipinski definition) is 1. The topological polar surface area (TPSA) is 37.3 Å². The van der Waals surface area contributed by atoms with Gasteiger partial charge in [0.15, 0.2) is 4.90 Å². The van der Waals surface area contributed by atoms with Crippen molar-refractivity contribution in [3.05, 3.63) is 30.3 Å². The number of carbonyl (C=O) groups is 1. The molecule has 1 aromatic rings. The van der Waals surface area contributed by atoms with Crippen LogP contribution in [-0.4, -0.2) is 22.6 Å². The first-order valence-electron chi connectivity index (χ1n) is 7.47. The first kappa shape index (κ1) is 20.8. The molecule has 0 bridgehead atoms. The Bertz CT molecular complexity index is 397. The van der Waals surface area contributed by atoms with Crippen molar-refractivity contribution in [1.29, 1.82) is 0 Å². The fraction of sp³-hybridized carbons (Fsp3) is 0.588. The van der Waals surface area contributed by atoms with Gasteiger partial charge >= 0.3 is 5.97 Å². The Morgan fingerprint density at radius 1 is 1.24 bits per heavy atom. The number of carboxylic acid groups (broad SMARTS) is 1. The van der Waals surface area contributed by atoms with E-state index < -0.39 is 5.97 Å². The van der Waals surface area contributed by atoms with Gasteiger partial charge in [-0.3, -0.25) is 4.79 Å². The fourth-order valence-electron chi connectivity index (χ4n) is 2.62. The Morgan fingerprint density at radius 2 is 1.86 bits per heavy atom. The summed E-state index contributed by atoms with van der Waals surface area (Å²) in [7, 11) is 0.115. The fourth-order valence-corrected chi connectivity index (χ4v) is 4.87. The van der Waals surface area contributed by atoms with E-state index in [1.165, 1.54) is 24.2 Å². The Hall–Kier alpha value is -0.230. The van der Waals surface area contributed by atoms with Gasteiger partial charge in [0, 0.05) is 16.8 Å². The van der Waals surface area contributed by atoms with Crippen LogP contribution in [-0.2, 0) is 15.7 Å². The van der Waals surface area contributed by atoms with Crippen molar-refractivity contribution < 1.29 is 33.9 Å². The van der Waals surface area contributed by atoms with Gasteiger partial charge in [0.05, 0.1) is 6.42 Å². The Kier molecular flexibility index (Phi) is 11.2. The molecule has 4 heteroatoms. The maximum absolute atomic E-state index is 11.0. The molecular weight excluding hydrogens is 395 g/mol. The highest BCUT2D eigenvalue weighted by Crippen LogP contribution is 2.28. The zero-order valence-electron chi connectivity index (χ0n) is 13.2. The lowest BCUT2D eigenvalue weighted by atomic mass is 9.99. The smallest absolute Gasteiger partial charge is 0.303 e. The van der Waals surface area contributed by atoms with E-state index in [2.05, 4.69) is 44.4 Å². The lowest BCUT2D eigenvalue weighted by Gasteiger charge is -2.21. The summed E-state index contributed by atoms with van der Waals surface area (Å²) >= 11 is 0. The lowest BCUT2D eigenvalue weighted by Crippen LogP contribution is -3.00. The number of rotatable bonds is 9. The van der Waals surface area contributed by atoms with Crippen LogP contribution >= 0.6 is 0 Å². The summed E-state index contributed by atoms with van der Waals surface area (Å²) in [6.07, 6.45) is 7.34. The molecule has 1 N–H and O–H groups in total. The molecule has 0 amide bonds. The van der Waals surface area contributed by atoms with Crippen molar-refractivity contribution in [1.82, 2.24) is 0 Å². The van der Waals surface area contributed by atoms with E-state index in [-0.39, 0.29) is 47.2 Å². The summed E-state index contributed by atoms with van der Waals surface area (Å²) in [5, 5.41) is 9.53. The maximum Gasteiger partial charge on any atom is 0.303 e. The van der Waals surface area contributed by atoms with Crippen LogP contribution in [0, 0.1) is 5.92 Å². The Morgan fingerprint density at radius 3 is 2.38 bits per heavy atom. The van der Waals surface area contributed by atoms with E-state index in [0.29, 0.717) is 5.25 Å². The largest absolute Gasteiger partial charge is 1.00 e. The van der Waals surface area contributed by atoms with E-state index in [4.69, 9.17) is 5.11 Å². The zero-order valence-corrected chi connectivity index (χ0v) is 16.2. The SMILES string of the molecule is CCCCC[C@@H]([C@@H](C)CC(=O)O)[S+](C)c1ccccc1.[I-]. The van der Waals surface area contributed by atoms with Crippen molar-refractivity contribution in [2.75, 3.05) is 6.26 Å². The van der Waals surface area contributed by atoms with Crippen LogP contribution in [0.1, 0.15) is 46.0 Å². The van der Waals surface area contributed by atoms with Gasteiger partial charge in [-0.2, -0.15) is 0 Å². The van der Waals surface area contributed by atoms with Crippen molar-refractivity contribution in [2.45, 2.75) is 56.1 Å². The van der Waals surface area contributed by atoms with E-state index >= 15 is 0 Å². The molecule has 0 fully saturated rings. The highest BCUT2D eigenvalue weighted by molar-refractivity contribution is 7.96. The summed E-state index contributed by atoms with van der Waals surface area (Å²) in [6.45, 7) is 4.30. The number of benzene rings is 1. The van der Waals surface area contributed by atoms with E-state index in [0.717, 1.165) is 6.42 Å². The number of hydrogen-bond donors (Lipinski definition) is 1. The predicted octanol–water partition coefficient (Wildman–Crippen LogP) is 1.36. The van der Waals surface area contributed by atoms with Gasteiger partial charge in [-0.15, -0.1) is 0 Å². The molecule has 2 nitrogen and oxygen atoms in total. The second kappa shape index (κ2) is 11.4. The highest BCUT2D eigenvalue weighted by atomic mass is 127. The molecule has 0 saturated heterocycles. The Labute approximate surface area is 149 Å². The van der Waals surface area contributed by atoms with Crippen molar-refractivity contribution in [2.24, 2.45) is 5.92 Å². The molecule has 120 valence electrons. The first-order chi connectivity index (χ1) is 9.56. The number of aliphatic carboxylic acids is 1. The van der Waals surface area contributed by atoms with Crippen LogP contribution in [0.15, 0.2) is 35.2 Å². The van der Waals surface area contributed by atoms with Gasteiger partial charge in [0.1, 0.15) is 11.5 Å². The standard InChI is InChI=1S/C17H26O2S.HI/c1-4-5-7-12-16(14(2)13-17(18)19)20(3)15-10-8-6-9-11-15;/h6,8-11,14,16H,4-5,7,12-13H2,1-3H3;1H/t14-,16-,20?;/m0./s1. The number of unbranched alkanes of at least 4 members (excludes halogenated alkanes) is 2. The van der Waals surface area contributed by atoms with E-state index in [1.807, 2.05) is 6.07 Å². The van der Waals surface area contributed by atoms with Crippen molar-refractivity contribution in [3.8, 4) is 0 Å². The molecule has 0 aromatic heterocycles. The second-order valence-electron chi connectivity index (χ2n) is 5.48. The second-order valence-corrected chi connectivity index (χ2v) is 7.67. The minimum absolute atomic E-state index is 0. The molecule has 1 aromatic carbocycles. The van der Waals surface area contributed by atoms with Crippen LogP contribution in [0.2, 0.25) is 0 Å². The van der Waals surface area contributed by atoms with Crippen molar-refractivity contribution in [3.63, 3.8) is 0 Å². The van der Waals surface area contributed by atoms with Gasteiger partial charge in [0.25, 0.3) is 0 Å². The minimum atomic E-state index is -0.678. The molecule has 0 spiro atoms. The van der Waals surface area contributed by atoms with Crippen LogP contribution in [0.25, 0.3) is 0 Å². The van der Waals surface area contributed by atoms with Crippen molar-refractivity contribution >= 4 is 16.9 Å². The number of carboxylic acids is 1. The predicted molar refractivity (Wildman–Crippen MR) is 87.3 cm³/mol. The highest BCUT2D eigenvalue weighted by Gasteiger charge is 2.33. The molecule has 3 atom stereocenters. The van der Waals surface area contributed by atoms with Gasteiger partial charge in [-0.05, 0) is 25.0 Å². The van der Waals surface area contributed by atoms with Crippen LogP contribution in [0.4, 0.5) is 0 Å². The normalized spacial score (nSPS) is 14.8. The molecule has 0 saturated carbocycles. The first-order valence-corrected chi connectivity index (χ1v) is 9.17. The molecule has 0 aliphatic rings. The summed E-state index contributed by atoms with van der Waals surface area (Å²) in [5.41, 5.74) is 0. The summed E-state index contributed by atoms with van der Waals surface area (Å²) < 4.78 is 0. The summed E-state index contributed by atoms with van der Waals surface area (Å²) in [5.74, 6) is -0.444. The average molecular weight is 422 g/mol. The van der Waals surface area contributed by atoms with Gasteiger partial charge in [-0.25, -0.2) is 0 Å². The molecule has 21 heavy (non-hydrogen) atoms. The lowest BCUT2D eigenvalue weighted by molar-refractivity contribution is -0.137. The summed E-state index contributed by atoms with van der Waals surface area (Å²) in [6, 6.07) is 10.5. The maximum atomic E-state index is 11.0.